The van der Waals surface area contributed by atoms with Crippen molar-refractivity contribution in [2.24, 2.45) is 5.92 Å². The van der Waals surface area contributed by atoms with Crippen LogP contribution in [0.15, 0.2) is 40.0 Å². The molecule has 1 aromatic carbocycles. The predicted molar refractivity (Wildman–Crippen MR) is 81.1 cm³/mol. The van der Waals surface area contributed by atoms with Crippen LogP contribution in [0.1, 0.15) is 6.42 Å². The van der Waals surface area contributed by atoms with Crippen molar-refractivity contribution in [2.45, 2.75) is 11.3 Å². The number of nitrogens with one attached hydrogen (secondary N) is 1. The van der Waals surface area contributed by atoms with Gasteiger partial charge in [0.15, 0.2) is 0 Å². The van der Waals surface area contributed by atoms with Gasteiger partial charge in [-0.25, -0.2) is 0 Å². The number of fused-ring (bicyclic) bond motifs is 1. The first-order chi connectivity index (χ1) is 8.83. The lowest BCUT2D eigenvalue weighted by atomic mass is 10.2. The largest absolute Gasteiger partial charge is 0.316 e. The van der Waals surface area contributed by atoms with Crippen molar-refractivity contribution in [3.8, 4) is 0 Å². The Labute approximate surface area is 120 Å². The first-order valence-corrected chi connectivity index (χ1v) is 7.97. The molecule has 0 radical (unpaired) electrons. The standard InChI is InChI=1S/C14H15BrN2S/c15-13-5-12-8-17-4-2-11(12)6-14(13)18-9-10-1-3-16-7-10/h2,4-6,8,10,16H,1,3,7,9H2. The smallest absolute Gasteiger partial charge is 0.0346 e. The van der Waals surface area contributed by atoms with Crippen LogP contribution in [0.4, 0.5) is 0 Å². The molecule has 2 nitrogen and oxygen atoms in total. The predicted octanol–water partition coefficient (Wildman–Crippen LogP) is 3.70. The third-order valence-corrected chi connectivity index (χ3v) is 5.53. The van der Waals surface area contributed by atoms with Gasteiger partial charge >= 0.3 is 0 Å². The first kappa shape index (κ1) is 12.5. The molecule has 1 aliphatic heterocycles. The molecule has 1 aromatic heterocycles. The third kappa shape index (κ3) is 2.71. The number of halogens is 1. The molecule has 1 aliphatic rings. The maximum Gasteiger partial charge on any atom is 0.0346 e. The van der Waals surface area contributed by atoms with Crippen LogP contribution in [0.2, 0.25) is 0 Å². The molecule has 0 saturated carbocycles. The number of hydrogen-bond donors (Lipinski definition) is 1. The Bertz CT molecular complexity index is 552. The highest BCUT2D eigenvalue weighted by atomic mass is 79.9. The maximum absolute atomic E-state index is 4.16. The van der Waals surface area contributed by atoms with Gasteiger partial charge in [0.25, 0.3) is 0 Å². The highest BCUT2D eigenvalue weighted by molar-refractivity contribution is 9.10. The average Bonchev–Trinajstić information content (AvgIpc) is 2.89. The molecule has 2 heterocycles. The fraction of sp³-hybridized carbons (Fsp3) is 0.357. The van der Waals surface area contributed by atoms with Gasteiger partial charge in [0.2, 0.25) is 0 Å². The van der Waals surface area contributed by atoms with Gasteiger partial charge in [-0.05, 0) is 64.9 Å². The Hall–Kier alpha value is -0.580. The Morgan fingerprint density at radius 2 is 2.33 bits per heavy atom. The maximum atomic E-state index is 4.16. The molecule has 1 fully saturated rings. The topological polar surface area (TPSA) is 24.9 Å². The second kappa shape index (κ2) is 5.59. The highest BCUT2D eigenvalue weighted by Gasteiger charge is 2.15. The lowest BCUT2D eigenvalue weighted by Crippen LogP contribution is -2.10. The Morgan fingerprint density at radius 3 is 3.17 bits per heavy atom. The summed E-state index contributed by atoms with van der Waals surface area (Å²) in [6, 6.07) is 6.49. The van der Waals surface area contributed by atoms with Gasteiger partial charge in [-0.15, -0.1) is 11.8 Å². The number of aromatic nitrogens is 1. The molecule has 1 atom stereocenters. The second-order valence-corrected chi connectivity index (χ2v) is 6.59. The lowest BCUT2D eigenvalue weighted by Gasteiger charge is -2.10. The Morgan fingerprint density at radius 1 is 1.39 bits per heavy atom. The minimum Gasteiger partial charge on any atom is -0.316 e. The van der Waals surface area contributed by atoms with E-state index in [-0.39, 0.29) is 0 Å². The summed E-state index contributed by atoms with van der Waals surface area (Å²) in [5, 5.41) is 5.87. The number of nitrogens with zero attached hydrogens (tertiary/aromatic N) is 1. The molecule has 4 heteroatoms. The minimum atomic E-state index is 0.815. The first-order valence-electron chi connectivity index (χ1n) is 6.20. The van der Waals surface area contributed by atoms with E-state index in [1.807, 2.05) is 24.2 Å². The molecule has 0 bridgehead atoms. The van der Waals surface area contributed by atoms with Gasteiger partial charge in [-0.3, -0.25) is 4.98 Å². The average molecular weight is 323 g/mol. The fourth-order valence-corrected chi connectivity index (χ4v) is 4.07. The fourth-order valence-electron chi connectivity index (χ4n) is 2.26. The van der Waals surface area contributed by atoms with Crippen LogP contribution < -0.4 is 5.32 Å². The number of thioether (sulfide) groups is 1. The normalized spacial score (nSPS) is 19.5. The van der Waals surface area contributed by atoms with Crippen molar-refractivity contribution in [2.75, 3.05) is 18.8 Å². The summed E-state index contributed by atoms with van der Waals surface area (Å²) in [7, 11) is 0. The van der Waals surface area contributed by atoms with Crippen molar-refractivity contribution < 1.29 is 0 Å². The van der Waals surface area contributed by atoms with E-state index < -0.39 is 0 Å². The van der Waals surface area contributed by atoms with E-state index in [0.717, 1.165) is 5.92 Å². The van der Waals surface area contributed by atoms with Gasteiger partial charge in [-0.1, -0.05) is 0 Å². The van der Waals surface area contributed by atoms with Gasteiger partial charge < -0.3 is 5.32 Å². The highest BCUT2D eigenvalue weighted by Crippen LogP contribution is 2.33. The molecule has 18 heavy (non-hydrogen) atoms. The minimum absolute atomic E-state index is 0.815. The summed E-state index contributed by atoms with van der Waals surface area (Å²) in [6.07, 6.45) is 5.07. The van der Waals surface area contributed by atoms with E-state index in [1.54, 1.807) is 0 Å². The third-order valence-electron chi connectivity index (χ3n) is 3.33. The zero-order chi connectivity index (χ0) is 12.4. The number of benzene rings is 1. The van der Waals surface area contributed by atoms with E-state index in [1.165, 1.54) is 45.4 Å². The van der Waals surface area contributed by atoms with Gasteiger partial charge in [0, 0.05) is 32.9 Å². The molecule has 3 rings (SSSR count). The number of hydrogen-bond acceptors (Lipinski definition) is 3. The molecule has 94 valence electrons. The summed E-state index contributed by atoms with van der Waals surface area (Å²) in [6.45, 7) is 2.35. The summed E-state index contributed by atoms with van der Waals surface area (Å²) in [5.74, 6) is 2.01. The molecular weight excluding hydrogens is 308 g/mol. The number of pyridine rings is 1. The van der Waals surface area contributed by atoms with Crippen LogP contribution in [-0.2, 0) is 0 Å². The SMILES string of the molecule is Brc1cc2cnccc2cc1SCC1CCNC1. The van der Waals surface area contributed by atoms with E-state index in [2.05, 4.69) is 44.4 Å². The zero-order valence-electron chi connectivity index (χ0n) is 10.0. The van der Waals surface area contributed by atoms with Crippen molar-refractivity contribution in [1.29, 1.82) is 0 Å². The van der Waals surface area contributed by atoms with Gasteiger partial charge in [-0.2, -0.15) is 0 Å². The molecule has 1 unspecified atom stereocenters. The second-order valence-electron chi connectivity index (χ2n) is 4.68. The van der Waals surface area contributed by atoms with Crippen LogP contribution in [-0.4, -0.2) is 23.8 Å². The summed E-state index contributed by atoms with van der Waals surface area (Å²) in [4.78, 5) is 5.49. The van der Waals surface area contributed by atoms with Crippen molar-refractivity contribution >= 4 is 38.5 Å². The van der Waals surface area contributed by atoms with Crippen molar-refractivity contribution in [3.63, 3.8) is 0 Å². The van der Waals surface area contributed by atoms with Crippen LogP contribution in [0.25, 0.3) is 10.8 Å². The molecule has 0 amide bonds. The van der Waals surface area contributed by atoms with Crippen LogP contribution >= 0.6 is 27.7 Å². The zero-order valence-corrected chi connectivity index (χ0v) is 12.4. The number of rotatable bonds is 3. The van der Waals surface area contributed by atoms with Gasteiger partial charge in [0.1, 0.15) is 0 Å². The molecule has 0 aliphatic carbocycles. The molecule has 1 saturated heterocycles. The van der Waals surface area contributed by atoms with Crippen molar-refractivity contribution in [1.82, 2.24) is 10.3 Å². The van der Waals surface area contributed by atoms with Crippen LogP contribution in [0.3, 0.4) is 0 Å². The Balaban J connectivity index is 1.80. The van der Waals surface area contributed by atoms with E-state index in [9.17, 15) is 0 Å². The summed E-state index contributed by atoms with van der Waals surface area (Å²) < 4.78 is 1.18. The molecular formula is C14H15BrN2S. The van der Waals surface area contributed by atoms with E-state index in [0.29, 0.717) is 0 Å². The summed E-state index contributed by atoms with van der Waals surface area (Å²) >= 11 is 5.61. The quantitative estimate of drug-likeness (QED) is 0.872. The van der Waals surface area contributed by atoms with Crippen LogP contribution in [0.5, 0.6) is 0 Å². The van der Waals surface area contributed by atoms with E-state index >= 15 is 0 Å². The molecule has 0 spiro atoms. The Kier molecular flexibility index (Phi) is 3.87. The monoisotopic (exact) mass is 322 g/mol. The van der Waals surface area contributed by atoms with Gasteiger partial charge in [0.05, 0.1) is 0 Å². The molecule has 1 N–H and O–H groups in total. The van der Waals surface area contributed by atoms with E-state index in [4.69, 9.17) is 0 Å². The molecule has 2 aromatic rings. The van der Waals surface area contributed by atoms with Crippen LogP contribution in [0, 0.1) is 5.92 Å². The van der Waals surface area contributed by atoms with Crippen molar-refractivity contribution in [3.05, 3.63) is 35.1 Å². The summed E-state index contributed by atoms with van der Waals surface area (Å²) in [5.41, 5.74) is 0. The lowest BCUT2D eigenvalue weighted by molar-refractivity contribution is 0.662.